The first-order valence-corrected chi connectivity index (χ1v) is 7.54. The number of nitrogens with zero attached hydrogens (tertiary/aromatic N) is 1. The van der Waals surface area contributed by atoms with Crippen LogP contribution < -0.4 is 5.32 Å². The second-order valence-electron chi connectivity index (χ2n) is 5.76. The number of nitrogens with one attached hydrogen (secondary N) is 1. The Labute approximate surface area is 121 Å². The van der Waals surface area contributed by atoms with Crippen molar-refractivity contribution in [2.24, 2.45) is 0 Å². The van der Waals surface area contributed by atoms with E-state index in [4.69, 9.17) is 4.74 Å². The van der Waals surface area contributed by atoms with Crippen molar-refractivity contribution in [1.29, 1.82) is 5.26 Å². The third-order valence-electron chi connectivity index (χ3n) is 3.90. The molecule has 0 saturated carbocycles. The van der Waals surface area contributed by atoms with Gasteiger partial charge in [0.05, 0.1) is 18.8 Å². The molecule has 0 radical (unpaired) electrons. The van der Waals surface area contributed by atoms with E-state index in [9.17, 15) is 5.26 Å². The fraction of sp³-hybridized carbons (Fsp3) is 0.588. The molecule has 1 aromatic rings. The van der Waals surface area contributed by atoms with Crippen molar-refractivity contribution in [1.82, 2.24) is 5.32 Å². The van der Waals surface area contributed by atoms with Gasteiger partial charge in [-0.3, -0.25) is 5.32 Å². The summed E-state index contributed by atoms with van der Waals surface area (Å²) in [6.45, 7) is 5.29. The fourth-order valence-electron chi connectivity index (χ4n) is 2.67. The molecule has 0 bridgehead atoms. The number of fused-ring (bicyclic) bond motifs is 1. The molecule has 2 atom stereocenters. The predicted octanol–water partition coefficient (Wildman–Crippen LogP) is 3.36. The highest BCUT2D eigenvalue weighted by molar-refractivity contribution is 5.31. The zero-order chi connectivity index (χ0) is 14.4. The maximum absolute atomic E-state index is 9.34. The summed E-state index contributed by atoms with van der Waals surface area (Å²) in [6.07, 6.45) is 4.50. The van der Waals surface area contributed by atoms with Crippen LogP contribution in [-0.2, 0) is 11.2 Å². The van der Waals surface area contributed by atoms with Crippen LogP contribution in [0.5, 0.6) is 0 Å². The second kappa shape index (κ2) is 6.88. The number of hydrogen-bond donors (Lipinski definition) is 1. The topological polar surface area (TPSA) is 45.0 Å². The van der Waals surface area contributed by atoms with Crippen LogP contribution in [0.4, 0.5) is 0 Å². The van der Waals surface area contributed by atoms with E-state index < -0.39 is 5.54 Å². The second-order valence-corrected chi connectivity index (χ2v) is 5.76. The molecule has 1 aliphatic carbocycles. The average Bonchev–Trinajstić information content (AvgIpc) is 2.51. The molecule has 108 valence electrons. The summed E-state index contributed by atoms with van der Waals surface area (Å²) < 4.78 is 6.08. The number of nitriles is 1. The lowest BCUT2D eigenvalue weighted by molar-refractivity contribution is 0.0162. The van der Waals surface area contributed by atoms with Gasteiger partial charge in [-0.25, -0.2) is 0 Å². The minimum atomic E-state index is -0.595. The zero-order valence-electron chi connectivity index (χ0n) is 12.5. The van der Waals surface area contributed by atoms with E-state index in [-0.39, 0.29) is 6.10 Å². The Bertz CT molecular complexity index is 480. The molecule has 1 aromatic carbocycles. The van der Waals surface area contributed by atoms with Crippen molar-refractivity contribution in [3.05, 3.63) is 35.4 Å². The van der Waals surface area contributed by atoms with Crippen molar-refractivity contribution >= 4 is 0 Å². The van der Waals surface area contributed by atoms with Crippen LogP contribution in [0.2, 0.25) is 0 Å². The third-order valence-corrected chi connectivity index (χ3v) is 3.90. The summed E-state index contributed by atoms with van der Waals surface area (Å²) in [4.78, 5) is 0. The summed E-state index contributed by atoms with van der Waals surface area (Å²) in [5.74, 6) is 0. The Morgan fingerprint density at radius 3 is 3.00 bits per heavy atom. The number of ether oxygens (including phenoxy) is 1. The van der Waals surface area contributed by atoms with Gasteiger partial charge >= 0.3 is 0 Å². The van der Waals surface area contributed by atoms with Gasteiger partial charge in [0.1, 0.15) is 5.54 Å². The highest BCUT2D eigenvalue weighted by Gasteiger charge is 2.27. The van der Waals surface area contributed by atoms with E-state index in [1.54, 1.807) is 0 Å². The number of hydrogen-bond acceptors (Lipinski definition) is 3. The zero-order valence-corrected chi connectivity index (χ0v) is 12.5. The highest BCUT2D eigenvalue weighted by Crippen LogP contribution is 2.32. The Balaban J connectivity index is 1.99. The van der Waals surface area contributed by atoms with E-state index in [0.717, 1.165) is 32.2 Å². The summed E-state index contributed by atoms with van der Waals surface area (Å²) in [5.41, 5.74) is 2.10. The Morgan fingerprint density at radius 1 is 1.45 bits per heavy atom. The van der Waals surface area contributed by atoms with Crippen LogP contribution in [0, 0.1) is 11.3 Å². The van der Waals surface area contributed by atoms with Crippen molar-refractivity contribution in [3.8, 4) is 6.07 Å². The first-order valence-electron chi connectivity index (χ1n) is 7.54. The fourth-order valence-corrected chi connectivity index (χ4v) is 2.67. The van der Waals surface area contributed by atoms with Gasteiger partial charge in [0.2, 0.25) is 0 Å². The molecule has 0 aliphatic heterocycles. The molecular weight excluding hydrogens is 248 g/mol. The van der Waals surface area contributed by atoms with Gasteiger partial charge in [0.25, 0.3) is 0 Å². The lowest BCUT2D eigenvalue weighted by atomic mass is 9.89. The van der Waals surface area contributed by atoms with Crippen LogP contribution in [-0.4, -0.2) is 18.7 Å². The first-order chi connectivity index (χ1) is 9.68. The molecule has 3 nitrogen and oxygen atoms in total. The maximum atomic E-state index is 9.34. The molecule has 2 unspecified atom stereocenters. The van der Waals surface area contributed by atoms with Crippen LogP contribution in [0.3, 0.4) is 0 Å². The molecular formula is C17H24N2O. The average molecular weight is 272 g/mol. The Hall–Kier alpha value is -1.37. The van der Waals surface area contributed by atoms with Crippen molar-refractivity contribution in [3.63, 3.8) is 0 Å². The van der Waals surface area contributed by atoms with Crippen molar-refractivity contribution in [2.45, 2.75) is 51.2 Å². The number of benzene rings is 1. The molecule has 3 heteroatoms. The maximum Gasteiger partial charge on any atom is 0.127 e. The Morgan fingerprint density at radius 2 is 2.25 bits per heavy atom. The van der Waals surface area contributed by atoms with Crippen LogP contribution in [0.25, 0.3) is 0 Å². The molecule has 0 fully saturated rings. The van der Waals surface area contributed by atoms with Gasteiger partial charge in [0.15, 0.2) is 0 Å². The minimum absolute atomic E-state index is 0.135. The molecule has 1 aliphatic rings. The summed E-state index contributed by atoms with van der Waals surface area (Å²) in [5, 5.41) is 12.6. The number of aryl methyl sites for hydroxylation is 1. The van der Waals surface area contributed by atoms with Gasteiger partial charge in [0, 0.05) is 0 Å². The van der Waals surface area contributed by atoms with Crippen molar-refractivity contribution < 1.29 is 4.74 Å². The molecule has 0 spiro atoms. The van der Waals surface area contributed by atoms with E-state index in [1.165, 1.54) is 11.1 Å². The van der Waals surface area contributed by atoms with Crippen LogP contribution in [0.15, 0.2) is 24.3 Å². The largest absolute Gasteiger partial charge is 0.370 e. The normalized spacial score (nSPS) is 20.8. The molecule has 2 rings (SSSR count). The summed E-state index contributed by atoms with van der Waals surface area (Å²) in [7, 11) is 0. The SMILES string of the molecule is CCCNC(C)(C#N)COC1CCCc2ccccc21. The monoisotopic (exact) mass is 272 g/mol. The van der Waals surface area contributed by atoms with E-state index in [0.29, 0.717) is 6.61 Å². The highest BCUT2D eigenvalue weighted by atomic mass is 16.5. The molecule has 0 aromatic heterocycles. The molecule has 1 N–H and O–H groups in total. The van der Waals surface area contributed by atoms with Crippen LogP contribution >= 0.6 is 0 Å². The standard InChI is InChI=1S/C17H24N2O/c1-3-11-19-17(2,12-18)13-20-16-10-6-8-14-7-4-5-9-15(14)16/h4-5,7,9,16,19H,3,6,8,10-11,13H2,1-2H3. The van der Waals surface area contributed by atoms with E-state index in [1.807, 2.05) is 6.92 Å². The number of rotatable bonds is 6. The van der Waals surface area contributed by atoms with Gasteiger partial charge in [-0.15, -0.1) is 0 Å². The van der Waals surface area contributed by atoms with Gasteiger partial charge in [-0.1, -0.05) is 31.2 Å². The molecule has 20 heavy (non-hydrogen) atoms. The molecule has 0 heterocycles. The Kier molecular flexibility index (Phi) is 5.17. The first kappa shape index (κ1) is 15.0. The van der Waals surface area contributed by atoms with Crippen LogP contribution in [0.1, 0.15) is 50.3 Å². The lowest BCUT2D eigenvalue weighted by Gasteiger charge is -2.30. The molecule has 0 saturated heterocycles. The molecule has 0 amide bonds. The smallest absolute Gasteiger partial charge is 0.127 e. The minimum Gasteiger partial charge on any atom is -0.370 e. The predicted molar refractivity (Wildman–Crippen MR) is 80.4 cm³/mol. The summed E-state index contributed by atoms with van der Waals surface area (Å²) >= 11 is 0. The summed E-state index contributed by atoms with van der Waals surface area (Å²) in [6, 6.07) is 10.8. The quantitative estimate of drug-likeness (QED) is 0.863. The van der Waals surface area contributed by atoms with Gasteiger partial charge in [-0.05, 0) is 50.3 Å². The van der Waals surface area contributed by atoms with E-state index in [2.05, 4.69) is 42.6 Å². The lowest BCUT2D eigenvalue weighted by Crippen LogP contribution is -2.45. The third kappa shape index (κ3) is 3.59. The van der Waals surface area contributed by atoms with Crippen molar-refractivity contribution in [2.75, 3.05) is 13.2 Å². The van der Waals surface area contributed by atoms with E-state index >= 15 is 0 Å². The van der Waals surface area contributed by atoms with Gasteiger partial charge < -0.3 is 4.74 Å². The van der Waals surface area contributed by atoms with Gasteiger partial charge in [-0.2, -0.15) is 5.26 Å².